The average Bonchev–Trinajstić information content (AvgIpc) is 2.61. The Labute approximate surface area is 102 Å². The Bertz CT molecular complexity index is 325. The second-order valence-electron chi connectivity index (χ2n) is 5.60. The molecule has 1 heterocycles. The number of thiazole rings is 1. The second-order valence-corrected chi connectivity index (χ2v) is 6.54. The first-order valence-corrected chi connectivity index (χ1v) is 6.63. The Kier molecular flexibility index (Phi) is 4.47. The molecule has 0 saturated carbocycles. The molecule has 0 aliphatic heterocycles. The largest absolute Gasteiger partial charge is 0.271 e. The molecule has 1 aromatic rings. The van der Waals surface area contributed by atoms with Crippen LogP contribution in [-0.4, -0.2) is 11.0 Å². The zero-order valence-corrected chi connectivity index (χ0v) is 11.7. The fourth-order valence-corrected chi connectivity index (χ4v) is 2.51. The van der Waals surface area contributed by atoms with Crippen molar-refractivity contribution in [3.05, 3.63) is 16.1 Å². The molecule has 0 spiro atoms. The Morgan fingerprint density at radius 2 is 2.06 bits per heavy atom. The molecule has 1 unspecified atom stereocenters. The summed E-state index contributed by atoms with van der Waals surface area (Å²) in [5.74, 6) is 6.06. The lowest BCUT2D eigenvalue weighted by molar-refractivity contribution is 0.403. The normalized spacial score (nSPS) is 14.4. The lowest BCUT2D eigenvalue weighted by Crippen LogP contribution is -2.40. The summed E-state index contributed by atoms with van der Waals surface area (Å²) in [4.78, 5) is 4.67. The van der Waals surface area contributed by atoms with Gasteiger partial charge in [0.25, 0.3) is 0 Å². The molecule has 1 aromatic heterocycles. The van der Waals surface area contributed by atoms with E-state index in [0.29, 0.717) is 12.0 Å². The van der Waals surface area contributed by atoms with Crippen LogP contribution in [0.25, 0.3) is 0 Å². The van der Waals surface area contributed by atoms with Gasteiger partial charge in [0, 0.05) is 23.3 Å². The summed E-state index contributed by atoms with van der Waals surface area (Å²) in [6.07, 6.45) is 0.912. The van der Waals surface area contributed by atoms with Crippen molar-refractivity contribution >= 4 is 11.3 Å². The third kappa shape index (κ3) is 3.54. The first kappa shape index (κ1) is 13.6. The summed E-state index contributed by atoms with van der Waals surface area (Å²) in [5.41, 5.74) is 4.17. The Balaban J connectivity index is 2.72. The minimum Gasteiger partial charge on any atom is -0.271 e. The van der Waals surface area contributed by atoms with Crippen molar-refractivity contribution in [2.24, 2.45) is 11.8 Å². The highest BCUT2D eigenvalue weighted by atomic mass is 32.1. The van der Waals surface area contributed by atoms with E-state index in [1.54, 1.807) is 11.3 Å². The number of nitrogens with one attached hydrogen (secondary N) is 1. The van der Waals surface area contributed by atoms with Gasteiger partial charge in [-0.3, -0.25) is 11.3 Å². The number of hydrazine groups is 1. The van der Waals surface area contributed by atoms with Crippen molar-refractivity contribution in [2.75, 3.05) is 0 Å². The van der Waals surface area contributed by atoms with Crippen molar-refractivity contribution in [2.45, 2.75) is 52.5 Å². The summed E-state index contributed by atoms with van der Waals surface area (Å²) in [7, 11) is 0. The van der Waals surface area contributed by atoms with Gasteiger partial charge in [-0.1, -0.05) is 34.6 Å². The standard InChI is InChI=1S/C12H23N3S/c1-8(2)9(15-13)6-11-14-10(7-16-11)12(3,4)5/h7-9,15H,6,13H2,1-5H3. The molecule has 0 saturated heterocycles. The molecular formula is C12H23N3S. The van der Waals surface area contributed by atoms with Crippen molar-refractivity contribution in [1.29, 1.82) is 0 Å². The molecule has 0 amide bonds. The SMILES string of the molecule is CC(C)C(Cc1nc(C(C)(C)C)cs1)NN. The number of hydrogen-bond donors (Lipinski definition) is 2. The average molecular weight is 241 g/mol. The van der Waals surface area contributed by atoms with Crippen LogP contribution in [0.15, 0.2) is 5.38 Å². The molecule has 16 heavy (non-hydrogen) atoms. The lowest BCUT2D eigenvalue weighted by atomic mass is 9.93. The smallest absolute Gasteiger partial charge is 0.0944 e. The van der Waals surface area contributed by atoms with Crippen LogP contribution < -0.4 is 11.3 Å². The van der Waals surface area contributed by atoms with E-state index in [0.717, 1.165) is 6.42 Å². The van der Waals surface area contributed by atoms with Gasteiger partial charge in [0.15, 0.2) is 0 Å². The monoisotopic (exact) mass is 241 g/mol. The van der Waals surface area contributed by atoms with Crippen LogP contribution in [0.3, 0.4) is 0 Å². The van der Waals surface area contributed by atoms with Gasteiger partial charge in [-0.15, -0.1) is 11.3 Å². The Hall–Kier alpha value is -0.450. The van der Waals surface area contributed by atoms with E-state index in [9.17, 15) is 0 Å². The van der Waals surface area contributed by atoms with Gasteiger partial charge >= 0.3 is 0 Å². The highest BCUT2D eigenvalue weighted by Gasteiger charge is 2.19. The van der Waals surface area contributed by atoms with Gasteiger partial charge in [0.05, 0.1) is 10.7 Å². The van der Waals surface area contributed by atoms with Gasteiger partial charge in [0.1, 0.15) is 0 Å². The van der Waals surface area contributed by atoms with E-state index in [1.165, 1.54) is 10.7 Å². The van der Waals surface area contributed by atoms with Crippen LogP contribution in [0.4, 0.5) is 0 Å². The number of nitrogens with zero attached hydrogens (tertiary/aromatic N) is 1. The summed E-state index contributed by atoms with van der Waals surface area (Å²) in [6.45, 7) is 10.9. The molecule has 3 nitrogen and oxygen atoms in total. The van der Waals surface area contributed by atoms with Gasteiger partial charge in [-0.05, 0) is 5.92 Å². The van der Waals surface area contributed by atoms with E-state index < -0.39 is 0 Å². The summed E-state index contributed by atoms with van der Waals surface area (Å²) in [5, 5.41) is 3.32. The fraction of sp³-hybridized carbons (Fsp3) is 0.750. The van der Waals surface area contributed by atoms with E-state index >= 15 is 0 Å². The van der Waals surface area contributed by atoms with Crippen LogP contribution in [0.1, 0.15) is 45.3 Å². The summed E-state index contributed by atoms with van der Waals surface area (Å²) >= 11 is 1.73. The molecule has 4 heteroatoms. The molecule has 0 bridgehead atoms. The molecule has 92 valence electrons. The summed E-state index contributed by atoms with van der Waals surface area (Å²) < 4.78 is 0. The predicted molar refractivity (Wildman–Crippen MR) is 70.5 cm³/mol. The van der Waals surface area contributed by atoms with E-state index in [4.69, 9.17) is 5.84 Å². The van der Waals surface area contributed by atoms with Crippen LogP contribution >= 0.6 is 11.3 Å². The Morgan fingerprint density at radius 1 is 1.44 bits per heavy atom. The molecule has 1 atom stereocenters. The number of aromatic nitrogens is 1. The van der Waals surface area contributed by atoms with E-state index in [2.05, 4.69) is 50.4 Å². The van der Waals surface area contributed by atoms with Crippen LogP contribution in [0, 0.1) is 5.92 Å². The molecular weight excluding hydrogens is 218 g/mol. The number of hydrogen-bond acceptors (Lipinski definition) is 4. The first-order valence-electron chi connectivity index (χ1n) is 5.75. The third-order valence-electron chi connectivity index (χ3n) is 2.73. The molecule has 0 aromatic carbocycles. The molecule has 3 N–H and O–H groups in total. The zero-order valence-electron chi connectivity index (χ0n) is 10.9. The maximum atomic E-state index is 5.54. The first-order chi connectivity index (χ1) is 7.34. The predicted octanol–water partition coefficient (Wildman–Crippen LogP) is 2.47. The third-order valence-corrected chi connectivity index (χ3v) is 3.60. The van der Waals surface area contributed by atoms with E-state index in [-0.39, 0.29) is 5.41 Å². The molecule has 1 rings (SSSR count). The van der Waals surface area contributed by atoms with Crippen molar-refractivity contribution in [1.82, 2.24) is 10.4 Å². The van der Waals surface area contributed by atoms with E-state index in [1.807, 2.05) is 0 Å². The van der Waals surface area contributed by atoms with Crippen LogP contribution in [0.2, 0.25) is 0 Å². The minimum absolute atomic E-state index is 0.137. The second kappa shape index (κ2) is 5.25. The van der Waals surface area contributed by atoms with Crippen molar-refractivity contribution < 1.29 is 0 Å². The molecule has 0 aliphatic carbocycles. The quantitative estimate of drug-likeness (QED) is 0.629. The van der Waals surface area contributed by atoms with Crippen LogP contribution in [0.5, 0.6) is 0 Å². The topological polar surface area (TPSA) is 50.9 Å². The lowest BCUT2D eigenvalue weighted by Gasteiger charge is -2.18. The minimum atomic E-state index is 0.137. The fourth-order valence-electron chi connectivity index (χ4n) is 1.42. The van der Waals surface area contributed by atoms with Crippen molar-refractivity contribution in [3.8, 4) is 0 Å². The van der Waals surface area contributed by atoms with Crippen LogP contribution in [-0.2, 0) is 11.8 Å². The summed E-state index contributed by atoms with van der Waals surface area (Å²) in [6, 6.07) is 0.305. The highest BCUT2D eigenvalue weighted by Crippen LogP contribution is 2.24. The van der Waals surface area contributed by atoms with Gasteiger partial charge in [0.2, 0.25) is 0 Å². The van der Waals surface area contributed by atoms with Gasteiger partial charge in [-0.2, -0.15) is 0 Å². The zero-order chi connectivity index (χ0) is 12.3. The number of nitrogens with two attached hydrogens (primary N) is 1. The molecule has 0 aliphatic rings. The molecule has 0 radical (unpaired) electrons. The van der Waals surface area contributed by atoms with Gasteiger partial charge in [-0.25, -0.2) is 4.98 Å². The van der Waals surface area contributed by atoms with Gasteiger partial charge < -0.3 is 0 Å². The maximum absolute atomic E-state index is 5.54. The van der Waals surface area contributed by atoms with Crippen molar-refractivity contribution in [3.63, 3.8) is 0 Å². The molecule has 0 fully saturated rings. The maximum Gasteiger partial charge on any atom is 0.0944 e. The highest BCUT2D eigenvalue weighted by molar-refractivity contribution is 7.09. The Morgan fingerprint density at radius 3 is 2.44 bits per heavy atom. The number of rotatable bonds is 4.